The molecule has 0 aliphatic rings. The van der Waals surface area contributed by atoms with E-state index in [9.17, 15) is 18.0 Å². The van der Waals surface area contributed by atoms with Crippen LogP contribution >= 0.6 is 0 Å². The fourth-order valence-electron chi connectivity index (χ4n) is 3.89. The Morgan fingerprint density at radius 3 is 2.26 bits per heavy atom. The lowest BCUT2D eigenvalue weighted by molar-refractivity contribution is -0.140. The van der Waals surface area contributed by atoms with Gasteiger partial charge in [0.05, 0.1) is 25.7 Å². The topological polar surface area (TPSA) is 105 Å². The van der Waals surface area contributed by atoms with Crippen LogP contribution in [0.3, 0.4) is 0 Å². The monoisotopic (exact) mass is 547 g/mol. The lowest BCUT2D eigenvalue weighted by Crippen LogP contribution is -2.48. The van der Waals surface area contributed by atoms with Gasteiger partial charge in [-0.05, 0) is 56.0 Å². The van der Waals surface area contributed by atoms with Crippen molar-refractivity contribution in [2.75, 3.05) is 37.4 Å². The van der Waals surface area contributed by atoms with E-state index in [0.717, 1.165) is 11.8 Å². The maximum atomic E-state index is 13.4. The molecule has 2 aromatic carbocycles. The SMILES string of the molecule is CCOc1ccccc1N(CCCC(=O)N(Cc1ccc(OC)cc1)C(C)C(=O)NCC(C)C)S(C)(=O)=O. The molecule has 2 amide bonds. The van der Waals surface area contributed by atoms with Crippen LogP contribution in [0.25, 0.3) is 0 Å². The van der Waals surface area contributed by atoms with Gasteiger partial charge in [-0.25, -0.2) is 8.42 Å². The summed E-state index contributed by atoms with van der Waals surface area (Å²) in [6.45, 7) is 8.78. The van der Waals surface area contributed by atoms with Crippen molar-refractivity contribution in [2.24, 2.45) is 5.92 Å². The number of hydrogen-bond donors (Lipinski definition) is 1. The van der Waals surface area contributed by atoms with Gasteiger partial charge in [-0.2, -0.15) is 0 Å². The molecule has 0 aliphatic carbocycles. The predicted octanol–water partition coefficient (Wildman–Crippen LogP) is 3.83. The summed E-state index contributed by atoms with van der Waals surface area (Å²) in [5, 5.41) is 2.90. The quantitative estimate of drug-likeness (QED) is 0.363. The minimum Gasteiger partial charge on any atom is -0.497 e. The number of carbonyl (C=O) groups is 2. The van der Waals surface area contributed by atoms with Crippen LogP contribution < -0.4 is 19.1 Å². The third-order valence-corrected chi connectivity index (χ3v) is 7.13. The number of hydrogen-bond acceptors (Lipinski definition) is 6. The molecular formula is C28H41N3O6S. The zero-order valence-electron chi connectivity index (χ0n) is 23.3. The van der Waals surface area contributed by atoms with E-state index in [1.54, 1.807) is 50.4 Å². The van der Waals surface area contributed by atoms with Crippen molar-refractivity contribution < 1.29 is 27.5 Å². The average Bonchev–Trinajstić information content (AvgIpc) is 2.88. The maximum absolute atomic E-state index is 13.4. The number of anilines is 1. The molecule has 2 rings (SSSR count). The largest absolute Gasteiger partial charge is 0.497 e. The van der Waals surface area contributed by atoms with E-state index in [2.05, 4.69) is 5.32 Å². The molecule has 0 fully saturated rings. The standard InChI is InChI=1S/C28H41N3O6S/c1-7-37-26-12-9-8-11-25(26)31(38(6,34)35)18-10-13-27(32)30(22(4)28(33)29-19-21(2)3)20-23-14-16-24(36-5)17-15-23/h8-9,11-12,14-17,21-22H,7,10,13,18-20H2,1-6H3,(H,29,33). The van der Waals surface area contributed by atoms with Gasteiger partial charge in [0.25, 0.3) is 0 Å². The molecule has 1 N–H and O–H groups in total. The molecule has 2 aromatic rings. The van der Waals surface area contributed by atoms with Gasteiger partial charge in [0, 0.05) is 26.1 Å². The van der Waals surface area contributed by atoms with Gasteiger partial charge in [0.15, 0.2) is 0 Å². The Morgan fingerprint density at radius 1 is 1.03 bits per heavy atom. The highest BCUT2D eigenvalue weighted by atomic mass is 32.2. The number of amides is 2. The molecule has 1 atom stereocenters. The summed E-state index contributed by atoms with van der Waals surface area (Å²) >= 11 is 0. The van der Waals surface area contributed by atoms with Crippen molar-refractivity contribution in [1.29, 1.82) is 0 Å². The summed E-state index contributed by atoms with van der Waals surface area (Å²) in [6.07, 6.45) is 1.47. The molecule has 9 nitrogen and oxygen atoms in total. The maximum Gasteiger partial charge on any atom is 0.242 e. The van der Waals surface area contributed by atoms with Crippen LogP contribution in [0.2, 0.25) is 0 Å². The zero-order chi connectivity index (χ0) is 28.3. The second-order valence-electron chi connectivity index (χ2n) is 9.52. The third-order valence-electron chi connectivity index (χ3n) is 5.95. The predicted molar refractivity (Wildman–Crippen MR) is 150 cm³/mol. The number of rotatable bonds is 15. The molecule has 10 heteroatoms. The molecule has 0 saturated heterocycles. The van der Waals surface area contributed by atoms with Crippen molar-refractivity contribution >= 4 is 27.5 Å². The number of methoxy groups -OCH3 is 1. The molecular weight excluding hydrogens is 506 g/mol. The first-order chi connectivity index (χ1) is 18.0. The van der Waals surface area contributed by atoms with E-state index >= 15 is 0 Å². The van der Waals surface area contributed by atoms with Crippen molar-refractivity contribution in [3.63, 3.8) is 0 Å². The van der Waals surface area contributed by atoms with Gasteiger partial charge in [-0.3, -0.25) is 13.9 Å². The molecule has 0 radical (unpaired) electrons. The van der Waals surface area contributed by atoms with Gasteiger partial charge < -0.3 is 19.7 Å². The van der Waals surface area contributed by atoms with Crippen molar-refractivity contribution in [2.45, 2.75) is 53.1 Å². The number of ether oxygens (including phenoxy) is 2. The van der Waals surface area contributed by atoms with E-state index in [0.29, 0.717) is 30.3 Å². The van der Waals surface area contributed by atoms with Crippen LogP contribution in [0.5, 0.6) is 11.5 Å². The van der Waals surface area contributed by atoms with E-state index < -0.39 is 16.1 Å². The number of nitrogens with zero attached hydrogens (tertiary/aromatic N) is 2. The summed E-state index contributed by atoms with van der Waals surface area (Å²) in [5.41, 5.74) is 1.28. The Bertz CT molecular complexity index is 1150. The molecule has 0 spiro atoms. The van der Waals surface area contributed by atoms with Gasteiger partial charge in [0.2, 0.25) is 21.8 Å². The van der Waals surface area contributed by atoms with Crippen molar-refractivity contribution in [1.82, 2.24) is 10.2 Å². The van der Waals surface area contributed by atoms with Gasteiger partial charge >= 0.3 is 0 Å². The van der Waals surface area contributed by atoms with Crippen LogP contribution in [0.4, 0.5) is 5.69 Å². The van der Waals surface area contributed by atoms with Crippen LogP contribution in [-0.2, 0) is 26.2 Å². The zero-order valence-corrected chi connectivity index (χ0v) is 24.1. The number of nitrogens with one attached hydrogen (secondary N) is 1. The Hall–Kier alpha value is -3.27. The molecule has 0 saturated carbocycles. The summed E-state index contributed by atoms with van der Waals surface area (Å²) in [4.78, 5) is 27.8. The highest BCUT2D eigenvalue weighted by Crippen LogP contribution is 2.30. The summed E-state index contributed by atoms with van der Waals surface area (Å²) in [5.74, 6) is 0.966. The van der Waals surface area contributed by atoms with Crippen molar-refractivity contribution in [3.05, 3.63) is 54.1 Å². The Labute approximate surface area is 227 Å². The Morgan fingerprint density at radius 2 is 1.68 bits per heavy atom. The number of para-hydroxylation sites is 2. The molecule has 0 heterocycles. The molecule has 38 heavy (non-hydrogen) atoms. The second kappa shape index (κ2) is 14.6. The first kappa shape index (κ1) is 31.0. The highest BCUT2D eigenvalue weighted by Gasteiger charge is 2.27. The van der Waals surface area contributed by atoms with Crippen LogP contribution in [0.15, 0.2) is 48.5 Å². The molecule has 210 valence electrons. The first-order valence-corrected chi connectivity index (χ1v) is 14.7. The highest BCUT2D eigenvalue weighted by molar-refractivity contribution is 7.92. The number of sulfonamides is 1. The number of benzene rings is 2. The molecule has 0 aromatic heterocycles. The third kappa shape index (κ3) is 9.24. The first-order valence-electron chi connectivity index (χ1n) is 12.9. The minimum absolute atomic E-state index is 0.0702. The van der Waals surface area contributed by atoms with Gasteiger partial charge in [0.1, 0.15) is 17.5 Å². The van der Waals surface area contributed by atoms with Crippen LogP contribution in [0.1, 0.15) is 46.1 Å². The summed E-state index contributed by atoms with van der Waals surface area (Å²) in [6, 6.07) is 13.6. The van der Waals surface area contributed by atoms with Gasteiger partial charge in [-0.1, -0.05) is 38.1 Å². The lowest BCUT2D eigenvalue weighted by atomic mass is 10.1. The van der Waals surface area contributed by atoms with E-state index in [4.69, 9.17) is 9.47 Å². The smallest absolute Gasteiger partial charge is 0.242 e. The van der Waals surface area contributed by atoms with Crippen LogP contribution in [0, 0.1) is 5.92 Å². The summed E-state index contributed by atoms with van der Waals surface area (Å²) in [7, 11) is -2.04. The number of carbonyl (C=O) groups excluding carboxylic acids is 2. The Kier molecular flexibility index (Phi) is 11.9. The molecule has 0 aliphatic heterocycles. The second-order valence-corrected chi connectivity index (χ2v) is 11.4. The fraction of sp³-hybridized carbons (Fsp3) is 0.500. The average molecular weight is 548 g/mol. The summed E-state index contributed by atoms with van der Waals surface area (Å²) < 4.78 is 37.4. The van der Waals surface area contributed by atoms with Gasteiger partial charge in [-0.15, -0.1) is 0 Å². The van der Waals surface area contributed by atoms with Crippen LogP contribution in [-0.4, -0.2) is 64.2 Å². The molecule has 1 unspecified atom stereocenters. The van der Waals surface area contributed by atoms with E-state index in [1.165, 1.54) is 9.21 Å². The lowest BCUT2D eigenvalue weighted by Gasteiger charge is -2.30. The van der Waals surface area contributed by atoms with E-state index in [1.807, 2.05) is 32.9 Å². The molecule has 0 bridgehead atoms. The fourth-order valence-corrected chi connectivity index (χ4v) is 4.85. The van der Waals surface area contributed by atoms with Crippen molar-refractivity contribution in [3.8, 4) is 11.5 Å². The normalized spacial score (nSPS) is 12.1. The minimum atomic E-state index is -3.63. The Balaban J connectivity index is 2.20. The van der Waals surface area contributed by atoms with E-state index in [-0.39, 0.29) is 43.7 Å².